The van der Waals surface area contributed by atoms with Gasteiger partial charge in [0.05, 0.1) is 5.41 Å². The van der Waals surface area contributed by atoms with E-state index in [1.807, 2.05) is 13.8 Å². The summed E-state index contributed by atoms with van der Waals surface area (Å²) in [5.74, 6) is 0.0901. The van der Waals surface area contributed by atoms with E-state index in [4.69, 9.17) is 5.73 Å². The van der Waals surface area contributed by atoms with Crippen molar-refractivity contribution < 1.29 is 4.79 Å². The van der Waals surface area contributed by atoms with Gasteiger partial charge in [-0.3, -0.25) is 4.79 Å². The normalized spacial score (nSPS) is 13.0. The van der Waals surface area contributed by atoms with E-state index in [-0.39, 0.29) is 11.9 Å². The van der Waals surface area contributed by atoms with E-state index < -0.39 is 5.41 Å². The van der Waals surface area contributed by atoms with Crippen molar-refractivity contribution in [3.63, 3.8) is 0 Å². The van der Waals surface area contributed by atoms with Crippen molar-refractivity contribution >= 4 is 5.91 Å². The van der Waals surface area contributed by atoms with Crippen molar-refractivity contribution in [2.45, 2.75) is 59.9 Å². The first-order valence-electron chi connectivity index (χ1n) is 7.95. The highest BCUT2D eigenvalue weighted by atomic mass is 16.2. The first kappa shape index (κ1) is 17.7. The fourth-order valence-corrected chi connectivity index (χ4v) is 2.79. The van der Waals surface area contributed by atoms with Crippen LogP contribution in [-0.4, -0.2) is 18.5 Å². The van der Waals surface area contributed by atoms with Gasteiger partial charge in [0.2, 0.25) is 5.91 Å². The molecule has 1 atom stereocenters. The quantitative estimate of drug-likeness (QED) is 0.810. The van der Waals surface area contributed by atoms with E-state index in [2.05, 4.69) is 44.3 Å². The second-order valence-corrected chi connectivity index (χ2v) is 6.20. The summed E-state index contributed by atoms with van der Waals surface area (Å²) in [7, 11) is 0. The zero-order chi connectivity index (χ0) is 16.0. The second-order valence-electron chi connectivity index (χ2n) is 6.20. The molecule has 0 aliphatic carbocycles. The monoisotopic (exact) mass is 290 g/mol. The lowest BCUT2D eigenvalue weighted by atomic mass is 9.81. The Hall–Kier alpha value is -1.35. The number of benzene rings is 1. The Morgan fingerprint density at radius 3 is 2.38 bits per heavy atom. The molecule has 0 aliphatic rings. The van der Waals surface area contributed by atoms with Gasteiger partial charge in [-0.15, -0.1) is 0 Å². The van der Waals surface area contributed by atoms with E-state index in [1.165, 1.54) is 16.7 Å². The molecule has 0 heterocycles. The highest BCUT2D eigenvalue weighted by molar-refractivity contribution is 5.83. The third kappa shape index (κ3) is 4.31. The van der Waals surface area contributed by atoms with Gasteiger partial charge in [0.15, 0.2) is 0 Å². The molecule has 3 N–H and O–H groups in total. The SMILES string of the molecule is CCC(CC)(CN)C(=O)NC(C)Cc1ccc(C)cc1C. The van der Waals surface area contributed by atoms with Gasteiger partial charge in [0.25, 0.3) is 0 Å². The smallest absolute Gasteiger partial charge is 0.227 e. The van der Waals surface area contributed by atoms with Crippen molar-refractivity contribution in [3.05, 3.63) is 34.9 Å². The molecule has 0 aliphatic heterocycles. The summed E-state index contributed by atoms with van der Waals surface area (Å²) in [5, 5.41) is 3.14. The maximum absolute atomic E-state index is 12.5. The molecule has 3 heteroatoms. The van der Waals surface area contributed by atoms with E-state index in [9.17, 15) is 4.79 Å². The summed E-state index contributed by atoms with van der Waals surface area (Å²) in [5.41, 5.74) is 9.26. The summed E-state index contributed by atoms with van der Waals surface area (Å²) < 4.78 is 0. The van der Waals surface area contributed by atoms with E-state index in [0.717, 1.165) is 19.3 Å². The minimum absolute atomic E-state index is 0.0901. The van der Waals surface area contributed by atoms with E-state index in [1.54, 1.807) is 0 Å². The molecule has 0 saturated heterocycles. The van der Waals surface area contributed by atoms with Crippen LogP contribution in [-0.2, 0) is 11.2 Å². The van der Waals surface area contributed by atoms with Crippen LogP contribution in [0.25, 0.3) is 0 Å². The van der Waals surface area contributed by atoms with Crippen molar-refractivity contribution in [2.24, 2.45) is 11.1 Å². The predicted molar refractivity (Wildman–Crippen MR) is 89.3 cm³/mol. The van der Waals surface area contributed by atoms with E-state index >= 15 is 0 Å². The van der Waals surface area contributed by atoms with Crippen LogP contribution in [0, 0.1) is 19.3 Å². The average Bonchev–Trinajstić information content (AvgIpc) is 2.44. The number of carbonyl (C=O) groups excluding carboxylic acids is 1. The Morgan fingerprint density at radius 1 is 1.29 bits per heavy atom. The number of rotatable bonds is 7. The van der Waals surface area contributed by atoms with E-state index in [0.29, 0.717) is 6.54 Å². The lowest BCUT2D eigenvalue weighted by molar-refractivity contribution is -0.131. The summed E-state index contributed by atoms with van der Waals surface area (Å²) in [6.07, 6.45) is 2.41. The molecule has 1 unspecified atom stereocenters. The van der Waals surface area contributed by atoms with Crippen LogP contribution in [0.4, 0.5) is 0 Å². The third-order valence-electron chi connectivity index (χ3n) is 4.63. The molecule has 1 aromatic carbocycles. The summed E-state index contributed by atoms with van der Waals surface area (Å²) in [4.78, 5) is 12.5. The highest BCUT2D eigenvalue weighted by Crippen LogP contribution is 2.25. The molecule has 3 nitrogen and oxygen atoms in total. The summed E-state index contributed by atoms with van der Waals surface area (Å²) >= 11 is 0. The third-order valence-corrected chi connectivity index (χ3v) is 4.63. The van der Waals surface area contributed by atoms with Gasteiger partial charge >= 0.3 is 0 Å². The standard InChI is InChI=1S/C18H30N2O/c1-6-18(7-2,12-19)17(21)20-15(5)11-16-9-8-13(3)10-14(16)4/h8-10,15H,6-7,11-12,19H2,1-5H3,(H,20,21). The Labute approximate surface area is 129 Å². The Balaban J connectivity index is 2.72. The molecule has 1 aromatic rings. The molecule has 0 aromatic heterocycles. The number of carbonyl (C=O) groups is 1. The molecule has 118 valence electrons. The molecular formula is C18H30N2O. The van der Waals surface area contributed by atoms with Crippen molar-refractivity contribution in [2.75, 3.05) is 6.54 Å². The van der Waals surface area contributed by atoms with Crippen molar-refractivity contribution in [3.8, 4) is 0 Å². The van der Waals surface area contributed by atoms with Crippen LogP contribution in [0.1, 0.15) is 50.3 Å². The molecule has 21 heavy (non-hydrogen) atoms. The zero-order valence-corrected chi connectivity index (χ0v) is 14.1. The van der Waals surface area contributed by atoms with Crippen LogP contribution in [0.2, 0.25) is 0 Å². The lowest BCUT2D eigenvalue weighted by Crippen LogP contribution is -2.48. The molecule has 0 radical (unpaired) electrons. The Morgan fingerprint density at radius 2 is 1.90 bits per heavy atom. The van der Waals surface area contributed by atoms with Crippen molar-refractivity contribution in [1.29, 1.82) is 0 Å². The number of aryl methyl sites for hydroxylation is 2. The van der Waals surface area contributed by atoms with Gasteiger partial charge in [-0.1, -0.05) is 37.6 Å². The fourth-order valence-electron chi connectivity index (χ4n) is 2.79. The predicted octanol–water partition coefficient (Wildman–Crippen LogP) is 3.12. The zero-order valence-electron chi connectivity index (χ0n) is 14.1. The van der Waals surface area contributed by atoms with Gasteiger partial charge < -0.3 is 11.1 Å². The lowest BCUT2D eigenvalue weighted by Gasteiger charge is -2.30. The van der Waals surface area contributed by atoms with Crippen LogP contribution < -0.4 is 11.1 Å². The first-order valence-corrected chi connectivity index (χ1v) is 7.95. The maximum Gasteiger partial charge on any atom is 0.227 e. The Kier molecular flexibility index (Phi) is 6.41. The second kappa shape index (κ2) is 7.60. The van der Waals surface area contributed by atoms with Crippen LogP contribution in [0.15, 0.2) is 18.2 Å². The topological polar surface area (TPSA) is 55.1 Å². The average molecular weight is 290 g/mol. The number of amides is 1. The number of hydrogen-bond acceptors (Lipinski definition) is 2. The highest BCUT2D eigenvalue weighted by Gasteiger charge is 2.33. The van der Waals surface area contributed by atoms with Gasteiger partial charge in [-0.05, 0) is 51.2 Å². The van der Waals surface area contributed by atoms with Crippen LogP contribution in [0.5, 0.6) is 0 Å². The molecule has 0 saturated carbocycles. The molecule has 1 amide bonds. The maximum atomic E-state index is 12.5. The van der Waals surface area contributed by atoms with Crippen LogP contribution in [0.3, 0.4) is 0 Å². The Bertz CT molecular complexity index is 470. The van der Waals surface area contributed by atoms with Gasteiger partial charge in [0.1, 0.15) is 0 Å². The largest absolute Gasteiger partial charge is 0.353 e. The fraction of sp³-hybridized carbons (Fsp3) is 0.611. The first-order chi connectivity index (χ1) is 9.88. The van der Waals surface area contributed by atoms with Gasteiger partial charge in [-0.25, -0.2) is 0 Å². The minimum Gasteiger partial charge on any atom is -0.353 e. The van der Waals surface area contributed by atoms with Gasteiger partial charge in [-0.2, -0.15) is 0 Å². The van der Waals surface area contributed by atoms with Crippen molar-refractivity contribution in [1.82, 2.24) is 5.32 Å². The summed E-state index contributed by atoms with van der Waals surface area (Å²) in [6.45, 7) is 10.8. The van der Waals surface area contributed by atoms with Gasteiger partial charge in [0, 0.05) is 12.6 Å². The molecule has 0 spiro atoms. The molecular weight excluding hydrogens is 260 g/mol. The molecule has 1 rings (SSSR count). The number of nitrogens with one attached hydrogen (secondary N) is 1. The number of nitrogens with two attached hydrogens (primary N) is 1. The molecule has 0 bridgehead atoms. The number of hydrogen-bond donors (Lipinski definition) is 2. The van der Waals surface area contributed by atoms with Crippen LogP contribution >= 0.6 is 0 Å². The minimum atomic E-state index is -0.420. The molecule has 0 fully saturated rings. The summed E-state index contributed by atoms with van der Waals surface area (Å²) in [6, 6.07) is 6.58.